The van der Waals surface area contributed by atoms with Crippen molar-refractivity contribution in [3.63, 3.8) is 0 Å². The average molecular weight is 238 g/mol. The summed E-state index contributed by atoms with van der Waals surface area (Å²) in [6.07, 6.45) is 4.02. The van der Waals surface area contributed by atoms with Crippen LogP contribution in [-0.2, 0) is 0 Å². The minimum atomic E-state index is 0.0289. The summed E-state index contributed by atoms with van der Waals surface area (Å²) in [5.74, 6) is 0.871. The number of furan rings is 1. The van der Waals surface area contributed by atoms with E-state index in [2.05, 4.69) is 22.1 Å². The largest absolute Gasteiger partial charge is 0.468 e. The Hall–Kier alpha value is -1.27. The number of aromatic amines is 1. The minimum absolute atomic E-state index is 0.0289. The van der Waals surface area contributed by atoms with Crippen molar-refractivity contribution in [3.8, 4) is 0 Å². The molecule has 0 aromatic carbocycles. The van der Waals surface area contributed by atoms with Crippen molar-refractivity contribution in [2.45, 2.75) is 29.8 Å². The number of nitrogens with two attached hydrogens (primary N) is 1. The molecule has 2 rings (SSSR count). The molecule has 2 atom stereocenters. The summed E-state index contributed by atoms with van der Waals surface area (Å²) in [5, 5.41) is 7.44. The Bertz CT molecular complexity index is 400. The highest BCUT2D eigenvalue weighted by Gasteiger charge is 2.23. The Morgan fingerprint density at radius 2 is 2.50 bits per heavy atom. The molecule has 2 aromatic heterocycles. The number of hydrogen-bond acceptors (Lipinski definition) is 5. The molecule has 0 saturated heterocycles. The molecule has 0 aliphatic rings. The predicted molar refractivity (Wildman–Crippen MR) is 62.0 cm³/mol. The van der Waals surface area contributed by atoms with E-state index < -0.39 is 0 Å². The van der Waals surface area contributed by atoms with E-state index in [-0.39, 0.29) is 11.3 Å². The van der Waals surface area contributed by atoms with Crippen molar-refractivity contribution in [2.75, 3.05) is 0 Å². The molecule has 2 heterocycles. The second-order valence-corrected chi connectivity index (χ2v) is 4.55. The van der Waals surface area contributed by atoms with Crippen molar-refractivity contribution in [1.29, 1.82) is 0 Å². The van der Waals surface area contributed by atoms with E-state index >= 15 is 0 Å². The van der Waals surface area contributed by atoms with Gasteiger partial charge in [0.2, 0.25) is 0 Å². The molecule has 0 radical (unpaired) electrons. The molecule has 86 valence electrons. The summed E-state index contributed by atoms with van der Waals surface area (Å²) in [5.41, 5.74) is 6.08. The minimum Gasteiger partial charge on any atom is -0.468 e. The molecule has 0 fully saturated rings. The zero-order chi connectivity index (χ0) is 11.4. The van der Waals surface area contributed by atoms with Crippen LogP contribution in [0.5, 0.6) is 0 Å². The quantitative estimate of drug-likeness (QED) is 0.778. The highest BCUT2D eigenvalue weighted by atomic mass is 32.2. The first-order chi connectivity index (χ1) is 7.81. The monoisotopic (exact) mass is 238 g/mol. The standard InChI is InChI=1S/C10H14N4OS/c1-2-7(11)9(8-4-3-5-15-8)16-10-12-6-13-14-10/h3-7,9H,2,11H2,1H3,(H,12,13,14). The summed E-state index contributed by atoms with van der Waals surface area (Å²) in [6, 6.07) is 3.83. The van der Waals surface area contributed by atoms with Crippen LogP contribution in [0.15, 0.2) is 34.3 Å². The third-order valence-corrected chi connectivity index (χ3v) is 3.57. The SMILES string of the molecule is CCC(N)C(Sc1ncn[nH]1)c1ccco1. The number of nitrogens with one attached hydrogen (secondary N) is 1. The lowest BCUT2D eigenvalue weighted by molar-refractivity contribution is 0.473. The number of thioether (sulfide) groups is 1. The van der Waals surface area contributed by atoms with Crippen LogP contribution in [0.3, 0.4) is 0 Å². The average Bonchev–Trinajstić information content (AvgIpc) is 2.97. The van der Waals surface area contributed by atoms with E-state index in [1.165, 1.54) is 18.1 Å². The van der Waals surface area contributed by atoms with Crippen LogP contribution in [0.2, 0.25) is 0 Å². The fraction of sp³-hybridized carbons (Fsp3) is 0.400. The van der Waals surface area contributed by atoms with Crippen LogP contribution in [0.25, 0.3) is 0 Å². The topological polar surface area (TPSA) is 80.7 Å². The van der Waals surface area contributed by atoms with Gasteiger partial charge in [-0.3, -0.25) is 5.10 Å². The van der Waals surface area contributed by atoms with Gasteiger partial charge >= 0.3 is 0 Å². The van der Waals surface area contributed by atoms with Gasteiger partial charge in [0.05, 0.1) is 11.5 Å². The summed E-state index contributed by atoms with van der Waals surface area (Å²) in [7, 11) is 0. The van der Waals surface area contributed by atoms with Crippen LogP contribution in [0.1, 0.15) is 24.4 Å². The fourth-order valence-electron chi connectivity index (χ4n) is 1.40. The molecule has 6 heteroatoms. The van der Waals surface area contributed by atoms with E-state index in [0.717, 1.165) is 17.3 Å². The Labute approximate surface area is 97.8 Å². The normalized spacial score (nSPS) is 14.9. The van der Waals surface area contributed by atoms with Crippen molar-refractivity contribution < 1.29 is 4.42 Å². The Morgan fingerprint density at radius 3 is 3.06 bits per heavy atom. The molecule has 3 N–H and O–H groups in total. The molecule has 2 aromatic rings. The molecule has 0 bridgehead atoms. The molecule has 0 amide bonds. The lowest BCUT2D eigenvalue weighted by Gasteiger charge is -2.18. The van der Waals surface area contributed by atoms with Crippen molar-refractivity contribution in [2.24, 2.45) is 5.73 Å². The highest BCUT2D eigenvalue weighted by molar-refractivity contribution is 7.99. The van der Waals surface area contributed by atoms with Gasteiger partial charge in [0.25, 0.3) is 0 Å². The van der Waals surface area contributed by atoms with Crippen LogP contribution in [0.4, 0.5) is 0 Å². The molecule has 0 saturated carbocycles. The third-order valence-electron chi connectivity index (χ3n) is 2.32. The van der Waals surface area contributed by atoms with E-state index in [4.69, 9.17) is 10.2 Å². The number of rotatable bonds is 5. The highest BCUT2D eigenvalue weighted by Crippen LogP contribution is 2.36. The molecular formula is C10H14N4OS. The molecule has 5 nitrogen and oxygen atoms in total. The van der Waals surface area contributed by atoms with E-state index in [1.54, 1.807) is 6.26 Å². The van der Waals surface area contributed by atoms with Gasteiger partial charge in [0, 0.05) is 6.04 Å². The molecule has 0 aliphatic carbocycles. The van der Waals surface area contributed by atoms with Crippen LogP contribution in [-0.4, -0.2) is 21.2 Å². The van der Waals surface area contributed by atoms with Crippen LogP contribution >= 0.6 is 11.8 Å². The summed E-state index contributed by atoms with van der Waals surface area (Å²) < 4.78 is 5.40. The third kappa shape index (κ3) is 2.45. The first-order valence-electron chi connectivity index (χ1n) is 5.12. The smallest absolute Gasteiger partial charge is 0.184 e. The zero-order valence-corrected chi connectivity index (χ0v) is 9.78. The van der Waals surface area contributed by atoms with E-state index in [0.29, 0.717) is 0 Å². The van der Waals surface area contributed by atoms with Crippen molar-refractivity contribution in [1.82, 2.24) is 15.2 Å². The van der Waals surface area contributed by atoms with Gasteiger partial charge in [-0.25, -0.2) is 4.98 Å². The first-order valence-corrected chi connectivity index (χ1v) is 6.00. The van der Waals surface area contributed by atoms with Gasteiger partial charge in [-0.05, 0) is 18.6 Å². The van der Waals surface area contributed by atoms with Gasteiger partial charge in [-0.2, -0.15) is 5.10 Å². The van der Waals surface area contributed by atoms with E-state index in [1.807, 2.05) is 12.1 Å². The maximum atomic E-state index is 6.08. The molecule has 2 unspecified atom stereocenters. The van der Waals surface area contributed by atoms with Crippen molar-refractivity contribution >= 4 is 11.8 Å². The van der Waals surface area contributed by atoms with Gasteiger partial charge in [0.1, 0.15) is 12.1 Å². The second kappa shape index (κ2) is 5.18. The lowest BCUT2D eigenvalue weighted by Crippen LogP contribution is -2.25. The number of hydrogen-bond donors (Lipinski definition) is 2. The maximum absolute atomic E-state index is 6.08. The molecule has 0 aliphatic heterocycles. The molecular weight excluding hydrogens is 224 g/mol. The van der Waals surface area contributed by atoms with Gasteiger partial charge in [-0.15, -0.1) is 0 Å². The molecule has 16 heavy (non-hydrogen) atoms. The Morgan fingerprint density at radius 1 is 1.62 bits per heavy atom. The summed E-state index contributed by atoms with van der Waals surface area (Å²) >= 11 is 1.54. The Balaban J connectivity index is 2.15. The summed E-state index contributed by atoms with van der Waals surface area (Å²) in [4.78, 5) is 4.08. The maximum Gasteiger partial charge on any atom is 0.184 e. The van der Waals surface area contributed by atoms with Crippen molar-refractivity contribution in [3.05, 3.63) is 30.5 Å². The molecule has 0 spiro atoms. The predicted octanol–water partition coefficient (Wildman–Crippen LogP) is 1.97. The fourth-order valence-corrected chi connectivity index (χ4v) is 2.47. The second-order valence-electron chi connectivity index (χ2n) is 3.42. The van der Waals surface area contributed by atoms with Gasteiger partial charge in [-0.1, -0.05) is 18.7 Å². The number of aromatic nitrogens is 3. The number of nitrogens with zero attached hydrogens (tertiary/aromatic N) is 2. The van der Waals surface area contributed by atoms with Gasteiger partial charge in [0.15, 0.2) is 5.16 Å². The summed E-state index contributed by atoms with van der Waals surface area (Å²) in [6.45, 7) is 2.06. The first kappa shape index (κ1) is 11.2. The lowest BCUT2D eigenvalue weighted by atomic mass is 10.1. The van der Waals surface area contributed by atoms with Gasteiger partial charge < -0.3 is 10.2 Å². The van der Waals surface area contributed by atoms with E-state index in [9.17, 15) is 0 Å². The zero-order valence-electron chi connectivity index (χ0n) is 8.96. The van der Waals surface area contributed by atoms with Crippen LogP contribution in [0, 0.1) is 0 Å². The Kier molecular flexibility index (Phi) is 3.63. The number of H-pyrrole nitrogens is 1. The van der Waals surface area contributed by atoms with Crippen LogP contribution < -0.4 is 5.73 Å².